The maximum atomic E-state index is 13.1. The van der Waals surface area contributed by atoms with E-state index in [4.69, 9.17) is 0 Å². The van der Waals surface area contributed by atoms with Crippen LogP contribution in [0.2, 0.25) is 0 Å². The number of halogens is 1. The highest BCUT2D eigenvalue weighted by Gasteiger charge is 2.10. The van der Waals surface area contributed by atoms with E-state index in [2.05, 4.69) is 10.0 Å². The van der Waals surface area contributed by atoms with Gasteiger partial charge in [-0.05, 0) is 57.1 Å². The molecule has 0 spiro atoms. The van der Waals surface area contributed by atoms with Gasteiger partial charge in [0.25, 0.3) is 0 Å². The van der Waals surface area contributed by atoms with Crippen LogP contribution in [0.25, 0.3) is 0 Å². The number of sulfonamides is 1. The van der Waals surface area contributed by atoms with Gasteiger partial charge in [-0.3, -0.25) is 4.72 Å². The molecule has 6 heteroatoms. The van der Waals surface area contributed by atoms with Gasteiger partial charge in [0.15, 0.2) is 0 Å². The third-order valence-electron chi connectivity index (χ3n) is 2.41. The van der Waals surface area contributed by atoms with Crippen LogP contribution in [0.3, 0.4) is 0 Å². The van der Waals surface area contributed by atoms with Crippen molar-refractivity contribution in [2.75, 3.05) is 24.1 Å². The normalized spacial score (nSPS) is 11.5. The second-order valence-electron chi connectivity index (χ2n) is 4.25. The summed E-state index contributed by atoms with van der Waals surface area (Å²) in [5, 5.41) is 2.95. The minimum Gasteiger partial charge on any atom is -0.320 e. The first-order chi connectivity index (χ1) is 8.43. The van der Waals surface area contributed by atoms with Gasteiger partial charge in [-0.2, -0.15) is 0 Å². The van der Waals surface area contributed by atoms with E-state index in [1.165, 1.54) is 12.1 Å². The Kier molecular flexibility index (Phi) is 5.55. The highest BCUT2D eigenvalue weighted by atomic mass is 32.2. The van der Waals surface area contributed by atoms with Crippen LogP contribution in [0.15, 0.2) is 18.2 Å². The zero-order chi connectivity index (χ0) is 13.6. The summed E-state index contributed by atoms with van der Waals surface area (Å²) in [7, 11) is -1.57. The highest BCUT2D eigenvalue weighted by molar-refractivity contribution is 7.92. The molecule has 0 heterocycles. The van der Waals surface area contributed by atoms with Crippen LogP contribution in [0.1, 0.15) is 18.4 Å². The Hall–Kier alpha value is -1.14. The Morgan fingerprint density at radius 3 is 2.56 bits per heavy atom. The Morgan fingerprint density at radius 2 is 1.94 bits per heavy atom. The number of aryl methyl sites for hydroxylation is 1. The second-order valence-corrected chi connectivity index (χ2v) is 6.09. The zero-order valence-electron chi connectivity index (χ0n) is 10.7. The molecule has 0 saturated heterocycles. The lowest BCUT2D eigenvalue weighted by molar-refractivity contribution is 0.595. The predicted molar refractivity (Wildman–Crippen MR) is 71.7 cm³/mol. The third kappa shape index (κ3) is 5.46. The molecule has 0 bridgehead atoms. The quantitative estimate of drug-likeness (QED) is 0.746. The molecule has 1 rings (SSSR count). The summed E-state index contributed by atoms with van der Waals surface area (Å²) in [6.07, 6.45) is 1.37. The summed E-state index contributed by atoms with van der Waals surface area (Å²) in [4.78, 5) is 0. The van der Waals surface area contributed by atoms with Gasteiger partial charge >= 0.3 is 0 Å². The molecular formula is C12H19FN2O2S. The Bertz CT molecular complexity index is 469. The largest absolute Gasteiger partial charge is 0.320 e. The van der Waals surface area contributed by atoms with Crippen LogP contribution in [0, 0.1) is 12.7 Å². The topological polar surface area (TPSA) is 58.2 Å². The number of hydrogen-bond acceptors (Lipinski definition) is 3. The van der Waals surface area contributed by atoms with Crippen LogP contribution >= 0.6 is 0 Å². The van der Waals surface area contributed by atoms with Gasteiger partial charge in [0.1, 0.15) is 5.82 Å². The molecule has 102 valence electrons. The lowest BCUT2D eigenvalue weighted by atomic mass is 10.2. The summed E-state index contributed by atoms with van der Waals surface area (Å²) in [5.41, 5.74) is 0.962. The molecule has 4 nitrogen and oxygen atoms in total. The van der Waals surface area contributed by atoms with E-state index in [1.807, 2.05) is 7.05 Å². The first kappa shape index (κ1) is 14.9. The number of benzene rings is 1. The number of anilines is 1. The van der Waals surface area contributed by atoms with E-state index in [9.17, 15) is 12.8 Å². The number of rotatable bonds is 7. The van der Waals surface area contributed by atoms with Crippen LogP contribution in [0.4, 0.5) is 10.1 Å². The van der Waals surface area contributed by atoms with Crippen molar-refractivity contribution in [1.82, 2.24) is 5.32 Å². The first-order valence-electron chi connectivity index (χ1n) is 5.85. The second kappa shape index (κ2) is 6.70. The average Bonchev–Trinajstić information content (AvgIpc) is 2.22. The summed E-state index contributed by atoms with van der Waals surface area (Å²) < 4.78 is 39.0. The van der Waals surface area contributed by atoms with E-state index in [0.717, 1.165) is 13.0 Å². The van der Waals surface area contributed by atoms with Crippen molar-refractivity contribution < 1.29 is 12.8 Å². The lowest BCUT2D eigenvalue weighted by Crippen LogP contribution is -2.18. The van der Waals surface area contributed by atoms with Gasteiger partial charge in [-0.25, -0.2) is 12.8 Å². The van der Waals surface area contributed by atoms with Gasteiger partial charge in [-0.1, -0.05) is 0 Å². The molecule has 0 aromatic heterocycles. The van der Waals surface area contributed by atoms with Crippen molar-refractivity contribution in [2.24, 2.45) is 0 Å². The lowest BCUT2D eigenvalue weighted by Gasteiger charge is -2.08. The minimum absolute atomic E-state index is 0.0459. The Balaban J connectivity index is 2.59. The molecule has 0 fully saturated rings. The van der Waals surface area contributed by atoms with Crippen molar-refractivity contribution in [3.05, 3.63) is 29.6 Å². The molecule has 0 radical (unpaired) electrons. The molecule has 0 atom stereocenters. The van der Waals surface area contributed by atoms with Crippen molar-refractivity contribution in [2.45, 2.75) is 19.8 Å². The van der Waals surface area contributed by atoms with Crippen LogP contribution in [0.5, 0.6) is 0 Å². The molecule has 0 saturated carbocycles. The SMILES string of the molecule is CNCCCCS(=O)(=O)Nc1cc(C)cc(F)c1. The van der Waals surface area contributed by atoms with Crippen LogP contribution < -0.4 is 10.0 Å². The summed E-state index contributed by atoms with van der Waals surface area (Å²) in [5.74, 6) is -0.396. The molecular weight excluding hydrogens is 255 g/mol. The fourth-order valence-corrected chi connectivity index (χ4v) is 2.78. The smallest absolute Gasteiger partial charge is 0.232 e. The van der Waals surface area contributed by atoms with E-state index in [0.29, 0.717) is 12.0 Å². The van der Waals surface area contributed by atoms with Crippen molar-refractivity contribution in [1.29, 1.82) is 0 Å². The number of nitrogens with one attached hydrogen (secondary N) is 2. The molecule has 18 heavy (non-hydrogen) atoms. The standard InChI is InChI=1S/C12H19FN2O2S/c1-10-7-11(13)9-12(8-10)15-18(16,17)6-4-3-5-14-2/h7-9,14-15H,3-6H2,1-2H3. The van der Waals surface area contributed by atoms with E-state index in [-0.39, 0.29) is 11.4 Å². The molecule has 0 aliphatic rings. The van der Waals surface area contributed by atoms with Crippen LogP contribution in [-0.2, 0) is 10.0 Å². The maximum Gasteiger partial charge on any atom is 0.232 e. The molecule has 2 N–H and O–H groups in total. The molecule has 0 aliphatic carbocycles. The predicted octanol–water partition coefficient (Wildman–Crippen LogP) is 1.88. The van der Waals surface area contributed by atoms with E-state index >= 15 is 0 Å². The molecule has 0 unspecified atom stereocenters. The molecule has 1 aromatic carbocycles. The molecule has 1 aromatic rings. The van der Waals surface area contributed by atoms with Gasteiger partial charge in [0.2, 0.25) is 10.0 Å². The van der Waals surface area contributed by atoms with Gasteiger partial charge in [-0.15, -0.1) is 0 Å². The Morgan fingerprint density at radius 1 is 1.22 bits per heavy atom. The van der Waals surface area contributed by atoms with Gasteiger partial charge < -0.3 is 5.32 Å². The first-order valence-corrected chi connectivity index (χ1v) is 7.50. The number of unbranched alkanes of at least 4 members (excludes halogenated alkanes) is 1. The third-order valence-corrected chi connectivity index (χ3v) is 3.78. The average molecular weight is 274 g/mol. The van der Waals surface area contributed by atoms with Crippen molar-refractivity contribution >= 4 is 15.7 Å². The van der Waals surface area contributed by atoms with Crippen LogP contribution in [-0.4, -0.2) is 27.8 Å². The molecule has 0 amide bonds. The zero-order valence-corrected chi connectivity index (χ0v) is 11.5. The fourth-order valence-electron chi connectivity index (χ4n) is 1.62. The van der Waals surface area contributed by atoms with E-state index in [1.54, 1.807) is 13.0 Å². The van der Waals surface area contributed by atoms with Crippen molar-refractivity contribution in [3.8, 4) is 0 Å². The molecule has 0 aliphatic heterocycles. The number of hydrogen-bond donors (Lipinski definition) is 2. The maximum absolute atomic E-state index is 13.1. The highest BCUT2D eigenvalue weighted by Crippen LogP contribution is 2.15. The fraction of sp³-hybridized carbons (Fsp3) is 0.500. The minimum atomic E-state index is -3.39. The van der Waals surface area contributed by atoms with Gasteiger partial charge in [0.05, 0.1) is 11.4 Å². The summed E-state index contributed by atoms with van der Waals surface area (Å²) >= 11 is 0. The van der Waals surface area contributed by atoms with Crippen molar-refractivity contribution in [3.63, 3.8) is 0 Å². The Labute approximate surface area is 108 Å². The van der Waals surface area contributed by atoms with E-state index < -0.39 is 15.8 Å². The monoisotopic (exact) mass is 274 g/mol. The summed E-state index contributed by atoms with van der Waals surface area (Å²) in [6, 6.07) is 4.14. The summed E-state index contributed by atoms with van der Waals surface area (Å²) in [6.45, 7) is 2.50. The van der Waals surface area contributed by atoms with Gasteiger partial charge in [0, 0.05) is 0 Å².